The van der Waals surface area contributed by atoms with Gasteiger partial charge in [0.15, 0.2) is 0 Å². The van der Waals surface area contributed by atoms with E-state index in [1.165, 1.54) is 36.5 Å². The zero-order chi connectivity index (χ0) is 70.6. The van der Waals surface area contributed by atoms with Crippen LogP contribution < -0.4 is 10.6 Å². The summed E-state index contributed by atoms with van der Waals surface area (Å²) in [5.74, 6) is -8.84. The third kappa shape index (κ3) is 27.8. The van der Waals surface area contributed by atoms with Crippen LogP contribution in [0.25, 0.3) is 0 Å². The summed E-state index contributed by atoms with van der Waals surface area (Å²) in [6.45, 7) is 1.95. The van der Waals surface area contributed by atoms with Gasteiger partial charge in [-0.25, -0.2) is 0 Å². The van der Waals surface area contributed by atoms with E-state index in [-0.39, 0.29) is 170 Å². The average molecular weight is 1370 g/mol. The zero-order valence-corrected chi connectivity index (χ0v) is 53.6. The second-order valence-electron chi connectivity index (χ2n) is 22.3. The van der Waals surface area contributed by atoms with Crippen LogP contribution in [0.2, 0.25) is 0 Å². The molecule has 0 aromatic rings. The number of carboxylic acid groups (broad SMARTS) is 2. The Morgan fingerprint density at radius 3 is 0.680 bits per heavy atom. The fourth-order valence-corrected chi connectivity index (χ4v) is 10.4. The van der Waals surface area contributed by atoms with Gasteiger partial charge in [-0.2, -0.15) is 0 Å². The molecule has 34 nitrogen and oxygen atoms in total. The van der Waals surface area contributed by atoms with E-state index in [9.17, 15) is 76.7 Å². The van der Waals surface area contributed by atoms with Crippen molar-refractivity contribution < 1.29 is 125 Å². The van der Waals surface area contributed by atoms with Gasteiger partial charge in [0, 0.05) is 123 Å². The number of amides is 14. The van der Waals surface area contributed by atoms with Crippen molar-refractivity contribution in [2.45, 2.75) is 81.7 Å². The Morgan fingerprint density at radius 2 is 0.464 bits per heavy atom. The molecule has 0 saturated carbocycles. The molecule has 0 fully saturated rings. The van der Waals surface area contributed by atoms with E-state index in [4.69, 9.17) is 48.1 Å². The highest BCUT2D eigenvalue weighted by Crippen LogP contribution is 2.29. The van der Waals surface area contributed by atoms with Gasteiger partial charge in [0.2, 0.25) is 11.8 Å². The van der Waals surface area contributed by atoms with Crippen LogP contribution in [-0.4, -0.2) is 290 Å². The minimum absolute atomic E-state index is 0.0150. The van der Waals surface area contributed by atoms with Gasteiger partial charge in [0.25, 0.3) is 70.9 Å². The Kier molecular flexibility index (Phi) is 33.8. The Morgan fingerprint density at radius 1 is 0.278 bits per heavy atom. The lowest BCUT2D eigenvalue weighted by Crippen LogP contribution is -2.55. The third-order valence-corrected chi connectivity index (χ3v) is 15.4. The van der Waals surface area contributed by atoms with E-state index < -0.39 is 112 Å². The molecule has 0 bridgehead atoms. The van der Waals surface area contributed by atoms with Crippen molar-refractivity contribution in [3.8, 4) is 0 Å². The molecule has 0 radical (unpaired) electrons. The molecule has 0 spiro atoms. The van der Waals surface area contributed by atoms with E-state index >= 15 is 0 Å². The Hall–Kier alpha value is -9.16. The lowest BCUT2D eigenvalue weighted by Gasteiger charge is -2.38. The number of carbonyl (C=O) groups is 16. The maximum atomic E-state index is 13.2. The Labute approximate surface area is 557 Å². The highest BCUT2D eigenvalue weighted by atomic mass is 16.6. The van der Waals surface area contributed by atoms with Crippen molar-refractivity contribution in [1.29, 1.82) is 0 Å². The number of hydrogen-bond donors (Lipinski definition) is 4. The van der Waals surface area contributed by atoms with E-state index in [1.807, 2.05) is 0 Å². The van der Waals surface area contributed by atoms with Crippen LogP contribution in [-0.2, 0) is 115 Å². The summed E-state index contributed by atoms with van der Waals surface area (Å²) >= 11 is 0. The second kappa shape index (κ2) is 41.7. The number of hydrogen-bond acceptors (Lipinski definition) is 24. The molecule has 4 N–H and O–H groups in total. The van der Waals surface area contributed by atoms with Gasteiger partial charge in [-0.1, -0.05) is 0 Å². The number of ether oxygens (including phenoxy) is 8. The molecule has 34 heteroatoms. The minimum atomic E-state index is -1.29. The maximum absolute atomic E-state index is 13.2. The van der Waals surface area contributed by atoms with Crippen LogP contribution in [0.4, 0.5) is 0 Å². The molecule has 6 aliphatic rings. The van der Waals surface area contributed by atoms with Gasteiger partial charge in [-0.05, 0) is 57.8 Å². The van der Waals surface area contributed by atoms with E-state index in [0.29, 0.717) is 38.5 Å². The average Bonchev–Trinajstić information content (AvgIpc) is 1.82. The van der Waals surface area contributed by atoms with Crippen molar-refractivity contribution in [3.63, 3.8) is 0 Å². The zero-order valence-electron chi connectivity index (χ0n) is 53.6. The topological polar surface area (TPSA) is 431 Å². The van der Waals surface area contributed by atoms with Crippen molar-refractivity contribution in [2.75, 3.05) is 145 Å². The molecule has 0 unspecified atom stereocenters. The molecule has 6 heterocycles. The quantitative estimate of drug-likeness (QED) is 0.0372. The van der Waals surface area contributed by atoms with Gasteiger partial charge in [-0.3, -0.25) is 106 Å². The molecule has 6 rings (SSSR count). The summed E-state index contributed by atoms with van der Waals surface area (Å²) in [6.07, 6.45) is 15.4. The summed E-state index contributed by atoms with van der Waals surface area (Å²) in [7, 11) is 0. The van der Waals surface area contributed by atoms with E-state index in [1.54, 1.807) is 0 Å². The Balaban J connectivity index is 0.000000351. The van der Waals surface area contributed by atoms with Gasteiger partial charge in [0.05, 0.1) is 105 Å². The van der Waals surface area contributed by atoms with Crippen molar-refractivity contribution in [1.82, 2.24) is 40.0 Å². The molecule has 97 heavy (non-hydrogen) atoms. The number of aliphatic carboxylic acids is 2. The predicted octanol–water partition coefficient (Wildman–Crippen LogP) is -2.17. The number of carbonyl (C=O) groups excluding carboxylic acids is 14. The standard InChI is InChI=1S/C33H44N4O13.C30H38N4O13/c38-25(24-50-23-22-49-21-20-48-19-18-47-17-10-32(45)46)34-33(11-1-14-35-26(39)4-5-27(35)40,12-2-15-36-28(41)6-7-29(36)42)13-3-16-37-30(43)8-9-31(37)44;35-22(21-47-20-19-46-18-17-45-16-15-44-14-7-29(42)43)31-30(8-11-32-23(36)1-2-24(32)37,9-12-33-25(38)3-4-26(33)39)10-13-34-27(40)5-6-28(34)41/h4-9H,1-3,10-24H2,(H,34,38)(H,45,46);1-6H,7-21H2,(H,31,35)(H,42,43). The summed E-state index contributed by atoms with van der Waals surface area (Å²) in [5.41, 5.74) is -2.26. The summed E-state index contributed by atoms with van der Waals surface area (Å²) in [5, 5.41) is 23.0. The van der Waals surface area contributed by atoms with Gasteiger partial charge >= 0.3 is 11.9 Å². The molecule has 0 aromatic carbocycles. The van der Waals surface area contributed by atoms with Crippen LogP contribution in [0.3, 0.4) is 0 Å². The molecule has 6 aliphatic heterocycles. The van der Waals surface area contributed by atoms with Gasteiger partial charge in [-0.15, -0.1) is 0 Å². The van der Waals surface area contributed by atoms with Crippen LogP contribution in [0.5, 0.6) is 0 Å². The first-order valence-corrected chi connectivity index (χ1v) is 31.4. The summed E-state index contributed by atoms with van der Waals surface area (Å²) in [6, 6.07) is 0. The molecule has 0 saturated heterocycles. The highest BCUT2D eigenvalue weighted by Gasteiger charge is 2.39. The van der Waals surface area contributed by atoms with E-state index in [0.717, 1.165) is 65.9 Å². The number of carboxylic acids is 2. The normalized spacial score (nSPS) is 16.0. The van der Waals surface area contributed by atoms with E-state index in [2.05, 4.69) is 10.6 Å². The first-order chi connectivity index (χ1) is 46.5. The molecular weight excluding hydrogens is 1280 g/mol. The monoisotopic (exact) mass is 1370 g/mol. The van der Waals surface area contributed by atoms with Crippen LogP contribution in [0.1, 0.15) is 70.6 Å². The molecular formula is C63H82N8O26. The molecule has 0 aromatic heterocycles. The number of rotatable bonds is 51. The molecule has 530 valence electrons. The first-order valence-electron chi connectivity index (χ1n) is 31.4. The Bertz CT molecular complexity index is 2730. The minimum Gasteiger partial charge on any atom is -0.481 e. The maximum Gasteiger partial charge on any atom is 0.305 e. The first kappa shape index (κ1) is 78.5. The SMILES string of the molecule is O=C(O)CCOCCOCCOCCOCC(=O)NC(CCCN1C(=O)C=CC1=O)(CCCN1C(=O)C=CC1=O)CCCN1C(=O)C=CC1=O.O=C(O)CCOCCOCCOCCOCC(=O)NC(CCN1C(=O)C=CC1=O)(CCN1C(=O)C=CC1=O)CCN1C(=O)C=CC1=O. The molecule has 14 amide bonds. The number of nitrogens with one attached hydrogen (secondary N) is 2. The lowest BCUT2D eigenvalue weighted by molar-refractivity contribution is -0.140. The molecule has 0 aliphatic carbocycles. The summed E-state index contributed by atoms with van der Waals surface area (Å²) in [4.78, 5) is 200. The predicted molar refractivity (Wildman–Crippen MR) is 330 cm³/mol. The van der Waals surface area contributed by atoms with Gasteiger partial charge < -0.3 is 58.7 Å². The molecule has 0 atom stereocenters. The fraction of sp³-hybridized carbons (Fsp3) is 0.556. The number of nitrogens with zero attached hydrogens (tertiary/aromatic N) is 6. The lowest BCUT2D eigenvalue weighted by atomic mass is 9.83. The largest absolute Gasteiger partial charge is 0.481 e. The smallest absolute Gasteiger partial charge is 0.305 e. The summed E-state index contributed by atoms with van der Waals surface area (Å²) < 4.78 is 42.7. The van der Waals surface area contributed by atoms with Crippen molar-refractivity contribution in [3.05, 3.63) is 72.9 Å². The third-order valence-electron chi connectivity index (χ3n) is 15.4. The van der Waals surface area contributed by atoms with Crippen LogP contribution in [0.15, 0.2) is 72.9 Å². The van der Waals surface area contributed by atoms with Gasteiger partial charge in [0.1, 0.15) is 13.2 Å². The van der Waals surface area contributed by atoms with Crippen LogP contribution in [0, 0.1) is 0 Å². The second-order valence-corrected chi connectivity index (χ2v) is 22.3. The van der Waals surface area contributed by atoms with Crippen LogP contribution >= 0.6 is 0 Å². The fourth-order valence-electron chi connectivity index (χ4n) is 10.4. The number of imide groups is 6. The highest BCUT2D eigenvalue weighted by molar-refractivity contribution is 6.15. The van der Waals surface area contributed by atoms with Crippen molar-refractivity contribution >= 4 is 94.6 Å². The van der Waals surface area contributed by atoms with Crippen molar-refractivity contribution in [2.24, 2.45) is 0 Å².